The van der Waals surface area contributed by atoms with Crippen molar-refractivity contribution in [2.75, 3.05) is 11.9 Å². The Hall–Kier alpha value is -2.70. The van der Waals surface area contributed by atoms with Crippen molar-refractivity contribution in [3.8, 4) is 11.5 Å². The van der Waals surface area contributed by atoms with E-state index in [-0.39, 0.29) is 5.91 Å². The Morgan fingerprint density at radius 1 is 1.41 bits per heavy atom. The lowest BCUT2D eigenvalue weighted by Crippen LogP contribution is -2.26. The van der Waals surface area contributed by atoms with E-state index in [0.717, 1.165) is 47.9 Å². The molecule has 1 fully saturated rings. The van der Waals surface area contributed by atoms with Crippen LogP contribution in [-0.4, -0.2) is 38.1 Å². The maximum absolute atomic E-state index is 12.5. The Balaban J connectivity index is 1.42. The number of imidazole rings is 1. The summed E-state index contributed by atoms with van der Waals surface area (Å²) in [6, 6.07) is 1.95. The highest BCUT2D eigenvalue weighted by molar-refractivity contribution is 5.94. The Morgan fingerprint density at radius 2 is 2.24 bits per heavy atom. The van der Waals surface area contributed by atoms with E-state index in [0.29, 0.717) is 23.4 Å². The molecule has 0 saturated heterocycles. The van der Waals surface area contributed by atoms with Gasteiger partial charge in [-0.1, -0.05) is 20.8 Å². The number of amides is 1. The fourth-order valence-electron chi connectivity index (χ4n) is 4.56. The summed E-state index contributed by atoms with van der Waals surface area (Å²) in [7, 11) is 1.81. The number of hydrogen-bond acceptors (Lipinski definition) is 4. The molecule has 7 heteroatoms. The summed E-state index contributed by atoms with van der Waals surface area (Å²) in [5.74, 6) is 2.14. The molecule has 0 bridgehead atoms. The summed E-state index contributed by atoms with van der Waals surface area (Å²) in [6.07, 6.45) is 6.59. The Labute approximate surface area is 170 Å². The molecule has 7 nitrogen and oxygen atoms in total. The van der Waals surface area contributed by atoms with Gasteiger partial charge < -0.3 is 9.88 Å². The molecule has 152 valence electrons. The van der Waals surface area contributed by atoms with Gasteiger partial charge >= 0.3 is 0 Å². The second-order valence-corrected chi connectivity index (χ2v) is 9.50. The predicted molar refractivity (Wildman–Crippen MR) is 113 cm³/mol. The third-order valence-corrected chi connectivity index (χ3v) is 6.77. The summed E-state index contributed by atoms with van der Waals surface area (Å²) < 4.78 is 0. The van der Waals surface area contributed by atoms with Crippen molar-refractivity contribution in [2.45, 2.75) is 52.9 Å². The van der Waals surface area contributed by atoms with Crippen LogP contribution in [-0.2, 0) is 17.6 Å². The molecule has 3 aromatic rings. The van der Waals surface area contributed by atoms with Gasteiger partial charge in [0.05, 0.1) is 17.4 Å². The Morgan fingerprint density at radius 3 is 3.03 bits per heavy atom. The topological polar surface area (TPSA) is 90.6 Å². The van der Waals surface area contributed by atoms with Crippen LogP contribution in [0, 0.1) is 17.3 Å². The number of carbonyl (C=O) groups excluding carboxylic acids is 1. The molecule has 2 atom stereocenters. The summed E-state index contributed by atoms with van der Waals surface area (Å²) >= 11 is 0. The number of hydrogen-bond donors (Lipinski definition) is 2. The summed E-state index contributed by atoms with van der Waals surface area (Å²) in [4.78, 5) is 26.7. The zero-order valence-corrected chi connectivity index (χ0v) is 17.5. The second kappa shape index (κ2) is 6.40. The van der Waals surface area contributed by atoms with Crippen molar-refractivity contribution in [1.29, 1.82) is 0 Å². The van der Waals surface area contributed by atoms with Crippen molar-refractivity contribution in [2.24, 2.45) is 17.3 Å². The van der Waals surface area contributed by atoms with Gasteiger partial charge in [-0.3, -0.25) is 9.89 Å². The molecule has 0 aromatic carbocycles. The zero-order chi connectivity index (χ0) is 20.3. The van der Waals surface area contributed by atoms with Gasteiger partial charge in [0.1, 0.15) is 5.69 Å². The van der Waals surface area contributed by atoms with Gasteiger partial charge in [-0.15, -0.1) is 0 Å². The van der Waals surface area contributed by atoms with E-state index in [4.69, 9.17) is 0 Å². The molecule has 5 rings (SSSR count). The average Bonchev–Trinajstić information content (AvgIpc) is 3.01. The first-order valence-corrected chi connectivity index (χ1v) is 10.5. The summed E-state index contributed by atoms with van der Waals surface area (Å²) in [5, 5.41) is 7.80. The number of nitrogens with one attached hydrogen (secondary N) is 2. The van der Waals surface area contributed by atoms with Crippen LogP contribution in [0.2, 0.25) is 0 Å². The average molecular weight is 393 g/mol. The molecule has 0 aliphatic heterocycles. The molecule has 2 N–H and O–H groups in total. The molecule has 0 radical (unpaired) electrons. The smallest absolute Gasteiger partial charge is 0.226 e. The molecule has 0 spiro atoms. The molecule has 29 heavy (non-hydrogen) atoms. The van der Waals surface area contributed by atoms with E-state index in [1.165, 1.54) is 17.7 Å². The zero-order valence-electron chi connectivity index (χ0n) is 17.5. The molecule has 2 aliphatic rings. The van der Waals surface area contributed by atoms with E-state index in [1.807, 2.05) is 6.07 Å². The minimum Gasteiger partial charge on any atom is -0.335 e. The third-order valence-electron chi connectivity index (χ3n) is 6.77. The Bertz CT molecular complexity index is 1100. The fraction of sp³-hybridized carbons (Fsp3) is 0.545. The van der Waals surface area contributed by atoms with Gasteiger partial charge in [0.2, 0.25) is 5.91 Å². The third kappa shape index (κ3) is 3.12. The molecular formula is C22H28N6O. The van der Waals surface area contributed by atoms with E-state index < -0.39 is 0 Å². The molecule has 2 aliphatic carbocycles. The van der Waals surface area contributed by atoms with E-state index in [9.17, 15) is 4.79 Å². The van der Waals surface area contributed by atoms with Gasteiger partial charge in [0.25, 0.3) is 0 Å². The summed E-state index contributed by atoms with van der Waals surface area (Å²) in [5.41, 5.74) is 6.18. The monoisotopic (exact) mass is 392 g/mol. The van der Waals surface area contributed by atoms with Crippen LogP contribution in [0.4, 0.5) is 5.69 Å². The van der Waals surface area contributed by atoms with E-state index >= 15 is 0 Å². The maximum Gasteiger partial charge on any atom is 0.226 e. The molecular weight excluding hydrogens is 364 g/mol. The van der Waals surface area contributed by atoms with Crippen molar-refractivity contribution >= 4 is 22.8 Å². The van der Waals surface area contributed by atoms with Gasteiger partial charge in [-0.05, 0) is 49.0 Å². The number of carbonyl (C=O) groups is 1. The number of nitrogens with zero attached hydrogens (tertiary/aromatic N) is 4. The first-order chi connectivity index (χ1) is 13.8. The molecule has 1 amide bonds. The van der Waals surface area contributed by atoms with Crippen molar-refractivity contribution in [3.05, 3.63) is 23.5 Å². The highest BCUT2D eigenvalue weighted by Gasteiger charge is 2.53. The van der Waals surface area contributed by atoms with Gasteiger partial charge in [-0.2, -0.15) is 5.10 Å². The molecule has 0 unspecified atom stereocenters. The SMILES string of the molecule is CC(C)CCC(=O)N(C)c1cnc2nc(-c3n[nH]c4c3C[C@@H]3C[C@]3(C)C4)[nH]c2c1. The lowest BCUT2D eigenvalue weighted by atomic mass is 9.88. The number of aromatic nitrogens is 5. The minimum atomic E-state index is 0.105. The second-order valence-electron chi connectivity index (χ2n) is 9.50. The first-order valence-electron chi connectivity index (χ1n) is 10.5. The minimum absolute atomic E-state index is 0.105. The van der Waals surface area contributed by atoms with Crippen LogP contribution in [0.25, 0.3) is 22.7 Å². The number of pyridine rings is 1. The fourth-order valence-corrected chi connectivity index (χ4v) is 4.56. The van der Waals surface area contributed by atoms with Crippen LogP contribution < -0.4 is 4.90 Å². The predicted octanol–water partition coefficient (Wildman–Crippen LogP) is 3.87. The number of rotatable bonds is 5. The quantitative estimate of drug-likeness (QED) is 0.689. The standard InChI is InChI=1S/C22H28N6O/c1-12(2)5-6-18(29)28(4)14-8-16-20(23-11-14)25-21(24-16)19-15-7-13-9-22(13,3)10-17(15)26-27-19/h8,11-13H,5-7,9-10H2,1-4H3,(H,26,27)(H,23,24,25)/t13-,22-/m1/s1. The van der Waals surface area contributed by atoms with Crippen LogP contribution in [0.3, 0.4) is 0 Å². The van der Waals surface area contributed by atoms with E-state index in [1.54, 1.807) is 18.1 Å². The molecule has 3 aromatic heterocycles. The van der Waals surface area contributed by atoms with Crippen molar-refractivity contribution in [3.63, 3.8) is 0 Å². The molecule has 1 saturated carbocycles. The Kier molecular flexibility index (Phi) is 4.05. The van der Waals surface area contributed by atoms with Crippen molar-refractivity contribution < 1.29 is 4.79 Å². The van der Waals surface area contributed by atoms with Crippen LogP contribution in [0.5, 0.6) is 0 Å². The number of H-pyrrole nitrogens is 2. The van der Waals surface area contributed by atoms with Crippen LogP contribution in [0.15, 0.2) is 12.3 Å². The lowest BCUT2D eigenvalue weighted by Gasteiger charge is -2.17. The van der Waals surface area contributed by atoms with Gasteiger partial charge in [0.15, 0.2) is 11.5 Å². The maximum atomic E-state index is 12.5. The highest BCUT2D eigenvalue weighted by atomic mass is 16.2. The van der Waals surface area contributed by atoms with Crippen molar-refractivity contribution in [1.82, 2.24) is 25.1 Å². The normalized spacial score (nSPS) is 22.6. The van der Waals surface area contributed by atoms with Gasteiger partial charge in [-0.25, -0.2) is 9.97 Å². The number of fused-ring (bicyclic) bond motifs is 3. The first kappa shape index (κ1) is 18.3. The van der Waals surface area contributed by atoms with Crippen LogP contribution in [0.1, 0.15) is 51.3 Å². The van der Waals surface area contributed by atoms with Gasteiger partial charge in [0, 0.05) is 24.7 Å². The number of anilines is 1. The number of aromatic amines is 2. The van der Waals surface area contributed by atoms with E-state index in [2.05, 4.69) is 45.9 Å². The lowest BCUT2D eigenvalue weighted by molar-refractivity contribution is -0.118. The molecule has 3 heterocycles. The summed E-state index contributed by atoms with van der Waals surface area (Å²) in [6.45, 7) is 6.63. The van der Waals surface area contributed by atoms with Crippen LogP contribution >= 0.6 is 0 Å². The largest absolute Gasteiger partial charge is 0.335 e. The highest BCUT2D eigenvalue weighted by Crippen LogP contribution is 2.59.